The quantitative estimate of drug-likeness (QED) is 0.729. The van der Waals surface area contributed by atoms with Crippen molar-refractivity contribution in [1.82, 2.24) is 4.90 Å². The lowest BCUT2D eigenvalue weighted by atomic mass is 10.2. The average molecular weight is 354 g/mol. The van der Waals surface area contributed by atoms with Gasteiger partial charge in [-0.05, 0) is 34.1 Å². The van der Waals surface area contributed by atoms with Crippen LogP contribution >= 0.6 is 15.9 Å². The molecule has 0 aliphatic carbocycles. The molecule has 0 aliphatic rings. The van der Waals surface area contributed by atoms with E-state index in [-0.39, 0.29) is 18.1 Å². The zero-order chi connectivity index (χ0) is 15.8. The highest BCUT2D eigenvalue weighted by Gasteiger charge is 2.13. The molecule has 0 aromatic heterocycles. The molecule has 0 spiro atoms. The molecule has 1 aromatic rings. The summed E-state index contributed by atoms with van der Waals surface area (Å²) in [5, 5.41) is 8.87. The van der Waals surface area contributed by atoms with Crippen LogP contribution in [0.15, 0.2) is 48.0 Å². The van der Waals surface area contributed by atoms with Crippen molar-refractivity contribution < 1.29 is 19.4 Å². The SMILES string of the molecule is C=CCN(CC=C)C(=O)COc1ccc(C(=O)O)cc1Br. The van der Waals surface area contributed by atoms with Gasteiger partial charge in [0.1, 0.15) is 5.75 Å². The van der Waals surface area contributed by atoms with Gasteiger partial charge >= 0.3 is 5.97 Å². The summed E-state index contributed by atoms with van der Waals surface area (Å²) in [7, 11) is 0. The van der Waals surface area contributed by atoms with Crippen LogP contribution in [0.2, 0.25) is 0 Å². The van der Waals surface area contributed by atoms with Crippen LogP contribution in [0, 0.1) is 0 Å². The largest absolute Gasteiger partial charge is 0.483 e. The molecule has 0 radical (unpaired) electrons. The number of amides is 1. The topological polar surface area (TPSA) is 66.8 Å². The number of benzene rings is 1. The number of rotatable bonds is 8. The fraction of sp³-hybridized carbons (Fsp3) is 0.200. The summed E-state index contributed by atoms with van der Waals surface area (Å²) in [6, 6.07) is 4.34. The number of nitrogens with zero attached hydrogens (tertiary/aromatic N) is 1. The summed E-state index contributed by atoms with van der Waals surface area (Å²) in [6.07, 6.45) is 3.25. The van der Waals surface area contributed by atoms with E-state index >= 15 is 0 Å². The van der Waals surface area contributed by atoms with Crippen LogP contribution in [0.5, 0.6) is 5.75 Å². The first kappa shape index (κ1) is 17.0. The Labute approximate surface area is 131 Å². The van der Waals surface area contributed by atoms with Crippen molar-refractivity contribution in [2.24, 2.45) is 0 Å². The number of ether oxygens (including phenoxy) is 1. The highest BCUT2D eigenvalue weighted by molar-refractivity contribution is 9.10. The smallest absolute Gasteiger partial charge is 0.335 e. The second-order valence-corrected chi connectivity index (χ2v) is 4.97. The molecule has 0 aliphatic heterocycles. The molecular formula is C15H16BrNO4. The van der Waals surface area contributed by atoms with E-state index in [9.17, 15) is 9.59 Å². The Morgan fingerprint density at radius 2 is 1.90 bits per heavy atom. The Kier molecular flexibility index (Phi) is 6.68. The van der Waals surface area contributed by atoms with Gasteiger partial charge in [-0.15, -0.1) is 13.2 Å². The number of halogens is 1. The van der Waals surface area contributed by atoms with E-state index in [0.29, 0.717) is 23.3 Å². The summed E-state index contributed by atoms with van der Waals surface area (Å²) in [4.78, 5) is 24.3. The molecule has 0 unspecified atom stereocenters. The summed E-state index contributed by atoms with van der Waals surface area (Å²) >= 11 is 3.22. The van der Waals surface area contributed by atoms with E-state index < -0.39 is 5.97 Å². The van der Waals surface area contributed by atoms with Gasteiger partial charge < -0.3 is 14.7 Å². The fourth-order valence-electron chi connectivity index (χ4n) is 1.57. The Balaban J connectivity index is 2.69. The van der Waals surface area contributed by atoms with E-state index in [1.165, 1.54) is 18.2 Å². The van der Waals surface area contributed by atoms with Crippen molar-refractivity contribution in [3.8, 4) is 5.75 Å². The maximum absolute atomic E-state index is 12.0. The molecule has 1 N–H and O–H groups in total. The minimum atomic E-state index is -1.03. The molecule has 0 saturated heterocycles. The third kappa shape index (κ3) is 5.07. The van der Waals surface area contributed by atoms with Crippen LogP contribution < -0.4 is 4.74 Å². The Morgan fingerprint density at radius 1 is 1.29 bits per heavy atom. The number of carbonyl (C=O) groups excluding carboxylic acids is 1. The zero-order valence-corrected chi connectivity index (χ0v) is 13.0. The number of hydrogen-bond donors (Lipinski definition) is 1. The number of carbonyl (C=O) groups is 2. The molecule has 6 heteroatoms. The van der Waals surface area contributed by atoms with Crippen molar-refractivity contribution in [3.63, 3.8) is 0 Å². The molecule has 1 aromatic carbocycles. The lowest BCUT2D eigenvalue weighted by Crippen LogP contribution is -2.35. The average Bonchev–Trinajstić information content (AvgIpc) is 2.45. The Morgan fingerprint density at radius 3 is 2.38 bits per heavy atom. The minimum Gasteiger partial charge on any atom is -0.483 e. The summed E-state index contributed by atoms with van der Waals surface area (Å²) in [5.74, 6) is -0.823. The van der Waals surface area contributed by atoms with Gasteiger partial charge in [0, 0.05) is 13.1 Å². The number of carboxylic acid groups (broad SMARTS) is 1. The molecule has 112 valence electrons. The van der Waals surface area contributed by atoms with E-state index in [1.807, 2.05) is 0 Å². The van der Waals surface area contributed by atoms with Gasteiger partial charge in [0.25, 0.3) is 5.91 Å². The van der Waals surface area contributed by atoms with Crippen LogP contribution in [0.4, 0.5) is 0 Å². The number of aromatic carboxylic acids is 1. The van der Waals surface area contributed by atoms with Crippen molar-refractivity contribution >= 4 is 27.8 Å². The molecule has 0 atom stereocenters. The van der Waals surface area contributed by atoms with Gasteiger partial charge in [-0.3, -0.25) is 4.79 Å². The first-order valence-electron chi connectivity index (χ1n) is 6.14. The molecule has 1 amide bonds. The monoisotopic (exact) mass is 353 g/mol. The van der Waals surface area contributed by atoms with E-state index in [4.69, 9.17) is 9.84 Å². The highest BCUT2D eigenvalue weighted by atomic mass is 79.9. The first-order valence-corrected chi connectivity index (χ1v) is 6.94. The van der Waals surface area contributed by atoms with Crippen LogP contribution in [0.25, 0.3) is 0 Å². The maximum atomic E-state index is 12.0. The molecule has 5 nitrogen and oxygen atoms in total. The van der Waals surface area contributed by atoms with Crippen LogP contribution in [0.3, 0.4) is 0 Å². The van der Waals surface area contributed by atoms with Crippen molar-refractivity contribution in [2.75, 3.05) is 19.7 Å². The molecule has 1 rings (SSSR count). The summed E-state index contributed by atoms with van der Waals surface area (Å²) in [5.41, 5.74) is 0.139. The molecule has 0 bridgehead atoms. The van der Waals surface area contributed by atoms with Gasteiger partial charge in [0.15, 0.2) is 6.61 Å². The maximum Gasteiger partial charge on any atom is 0.335 e. The van der Waals surface area contributed by atoms with E-state index in [2.05, 4.69) is 29.1 Å². The van der Waals surface area contributed by atoms with Crippen LogP contribution in [-0.2, 0) is 4.79 Å². The predicted octanol–water partition coefficient (Wildman–Crippen LogP) is 2.73. The summed E-state index contributed by atoms with van der Waals surface area (Å²) in [6.45, 7) is 7.86. The zero-order valence-electron chi connectivity index (χ0n) is 11.4. The Bertz CT molecular complexity index is 547. The summed E-state index contributed by atoms with van der Waals surface area (Å²) < 4.78 is 5.89. The normalized spacial score (nSPS) is 9.76. The number of carboxylic acids is 1. The highest BCUT2D eigenvalue weighted by Crippen LogP contribution is 2.26. The van der Waals surface area contributed by atoms with Crippen molar-refractivity contribution in [2.45, 2.75) is 0 Å². The Hall–Kier alpha value is -2.08. The van der Waals surface area contributed by atoms with Gasteiger partial charge in [-0.1, -0.05) is 12.2 Å². The molecule has 0 fully saturated rings. The predicted molar refractivity (Wildman–Crippen MR) is 83.6 cm³/mol. The lowest BCUT2D eigenvalue weighted by molar-refractivity contribution is -0.132. The van der Waals surface area contributed by atoms with E-state index in [0.717, 1.165) is 0 Å². The second kappa shape index (κ2) is 8.26. The molecule has 21 heavy (non-hydrogen) atoms. The van der Waals surface area contributed by atoms with Crippen LogP contribution in [0.1, 0.15) is 10.4 Å². The standard InChI is InChI=1S/C15H16BrNO4/c1-3-7-17(8-4-2)14(18)10-21-13-6-5-11(15(19)20)9-12(13)16/h3-6,9H,1-2,7-8,10H2,(H,19,20). The van der Waals surface area contributed by atoms with Crippen molar-refractivity contribution in [3.05, 3.63) is 53.5 Å². The third-order valence-electron chi connectivity index (χ3n) is 2.58. The molecular weight excluding hydrogens is 338 g/mol. The molecule has 0 heterocycles. The van der Waals surface area contributed by atoms with Gasteiger partial charge in [-0.25, -0.2) is 4.79 Å². The van der Waals surface area contributed by atoms with E-state index in [1.54, 1.807) is 17.1 Å². The number of hydrogen-bond acceptors (Lipinski definition) is 3. The second-order valence-electron chi connectivity index (χ2n) is 4.12. The van der Waals surface area contributed by atoms with Crippen molar-refractivity contribution in [1.29, 1.82) is 0 Å². The van der Waals surface area contributed by atoms with Gasteiger partial charge in [-0.2, -0.15) is 0 Å². The fourth-order valence-corrected chi connectivity index (χ4v) is 2.06. The molecule has 0 saturated carbocycles. The van der Waals surface area contributed by atoms with Gasteiger partial charge in [0.05, 0.1) is 10.0 Å². The minimum absolute atomic E-state index is 0.139. The lowest BCUT2D eigenvalue weighted by Gasteiger charge is -2.19. The third-order valence-corrected chi connectivity index (χ3v) is 3.20. The van der Waals surface area contributed by atoms with Gasteiger partial charge in [0.2, 0.25) is 0 Å². The van der Waals surface area contributed by atoms with Crippen LogP contribution in [-0.4, -0.2) is 41.6 Å². The first-order chi connectivity index (χ1) is 9.99.